The molecule has 0 radical (unpaired) electrons. The number of amides is 1. The molecule has 3 heterocycles. The lowest BCUT2D eigenvalue weighted by Crippen LogP contribution is -2.37. The van der Waals surface area contributed by atoms with Gasteiger partial charge in [0.05, 0.1) is 0 Å². The van der Waals surface area contributed by atoms with Gasteiger partial charge in [-0.2, -0.15) is 0 Å². The lowest BCUT2D eigenvalue weighted by molar-refractivity contribution is -0.127. The van der Waals surface area contributed by atoms with Crippen molar-refractivity contribution in [2.45, 2.75) is 18.9 Å². The Balaban J connectivity index is 1.38. The van der Waals surface area contributed by atoms with Gasteiger partial charge in [-0.05, 0) is 37.1 Å². The van der Waals surface area contributed by atoms with Crippen molar-refractivity contribution in [2.75, 3.05) is 13.1 Å². The fraction of sp³-hybridized carbons (Fsp3) is 0.263. The molecule has 1 aliphatic rings. The monoisotopic (exact) mass is 321 g/mol. The second-order valence-corrected chi connectivity index (χ2v) is 6.04. The molecule has 0 atom stereocenters. The second-order valence-electron chi connectivity index (χ2n) is 6.04. The number of carbonyl (C=O) groups excluding carboxylic acids is 1. The Labute approximate surface area is 140 Å². The highest BCUT2D eigenvalue weighted by atomic mass is 16.3. The van der Waals surface area contributed by atoms with E-state index in [2.05, 4.69) is 21.9 Å². The molecule has 1 saturated heterocycles. The Hall–Kier alpha value is -2.82. The molecule has 0 aliphatic carbocycles. The molecule has 3 aromatic rings. The fourth-order valence-corrected chi connectivity index (χ4v) is 3.18. The van der Waals surface area contributed by atoms with E-state index < -0.39 is 0 Å². The number of aromatic nitrogens is 2. The summed E-state index contributed by atoms with van der Waals surface area (Å²) in [6.45, 7) is 1.55. The van der Waals surface area contributed by atoms with Gasteiger partial charge in [-0.1, -0.05) is 12.1 Å². The third-order valence-corrected chi connectivity index (χ3v) is 4.50. The maximum atomic E-state index is 12.3. The van der Waals surface area contributed by atoms with Gasteiger partial charge in [0.1, 0.15) is 5.52 Å². The van der Waals surface area contributed by atoms with Crippen LogP contribution in [-0.4, -0.2) is 33.4 Å². The van der Waals surface area contributed by atoms with Crippen LogP contribution in [0.3, 0.4) is 0 Å². The molecule has 5 nitrogen and oxygen atoms in total. The highest BCUT2D eigenvalue weighted by molar-refractivity contribution is 5.91. The number of rotatable bonds is 3. The van der Waals surface area contributed by atoms with Crippen molar-refractivity contribution in [3.05, 3.63) is 60.8 Å². The van der Waals surface area contributed by atoms with E-state index in [1.54, 1.807) is 12.2 Å². The summed E-state index contributed by atoms with van der Waals surface area (Å²) in [4.78, 5) is 18.6. The Bertz CT molecular complexity index is 823. The number of fused-ring (bicyclic) bond motifs is 1. The summed E-state index contributed by atoms with van der Waals surface area (Å²) in [6, 6.07) is 12.2. The van der Waals surface area contributed by atoms with Crippen molar-refractivity contribution >= 4 is 23.1 Å². The summed E-state index contributed by atoms with van der Waals surface area (Å²) in [5.41, 5.74) is 1.54. The number of hydrogen-bond acceptors (Lipinski definition) is 3. The third kappa shape index (κ3) is 2.97. The minimum Gasteiger partial charge on any atom is -0.437 e. The minimum absolute atomic E-state index is 0.0169. The number of benzene rings is 1. The number of carbonyl (C=O) groups is 1. The van der Waals surface area contributed by atoms with Gasteiger partial charge in [0.25, 0.3) is 0 Å². The molecule has 24 heavy (non-hydrogen) atoms. The molecule has 0 unspecified atom stereocenters. The zero-order chi connectivity index (χ0) is 16.4. The summed E-state index contributed by atoms with van der Waals surface area (Å²) in [5, 5.41) is 0. The van der Waals surface area contributed by atoms with E-state index in [-0.39, 0.29) is 5.91 Å². The van der Waals surface area contributed by atoms with Crippen molar-refractivity contribution < 1.29 is 9.21 Å². The van der Waals surface area contributed by atoms with Crippen LogP contribution in [0.5, 0.6) is 0 Å². The molecule has 4 rings (SSSR count). The van der Waals surface area contributed by atoms with Gasteiger partial charge >= 0.3 is 0 Å². The van der Waals surface area contributed by atoms with Gasteiger partial charge in [0.2, 0.25) is 11.8 Å². The third-order valence-electron chi connectivity index (χ3n) is 4.50. The van der Waals surface area contributed by atoms with E-state index in [1.165, 1.54) is 0 Å². The van der Waals surface area contributed by atoms with Crippen LogP contribution in [-0.2, 0) is 4.79 Å². The van der Waals surface area contributed by atoms with Crippen LogP contribution < -0.4 is 0 Å². The predicted molar refractivity (Wildman–Crippen MR) is 92.3 cm³/mol. The first-order valence-corrected chi connectivity index (χ1v) is 8.24. The largest absolute Gasteiger partial charge is 0.437 e. The molecule has 0 spiro atoms. The molecule has 1 amide bonds. The fourth-order valence-electron chi connectivity index (χ4n) is 3.18. The number of oxazole rings is 1. The van der Waals surface area contributed by atoms with Crippen LogP contribution >= 0.6 is 0 Å². The van der Waals surface area contributed by atoms with Crippen LogP contribution in [0.1, 0.15) is 24.8 Å². The van der Waals surface area contributed by atoms with E-state index in [0.717, 1.165) is 37.0 Å². The lowest BCUT2D eigenvalue weighted by atomic mass is 10.0. The number of piperidine rings is 1. The molecule has 0 bridgehead atoms. The topological polar surface area (TPSA) is 51.3 Å². The van der Waals surface area contributed by atoms with Crippen LogP contribution in [0.15, 0.2) is 59.3 Å². The normalized spacial score (nSPS) is 16.2. The second kappa shape index (κ2) is 6.35. The molecular weight excluding hydrogens is 302 g/mol. The molecule has 5 heteroatoms. The van der Waals surface area contributed by atoms with Gasteiger partial charge < -0.3 is 13.9 Å². The predicted octanol–water partition coefficient (Wildman–Crippen LogP) is 3.51. The minimum atomic E-state index is 0.0169. The number of para-hydroxylation sites is 2. The van der Waals surface area contributed by atoms with E-state index in [9.17, 15) is 4.79 Å². The summed E-state index contributed by atoms with van der Waals surface area (Å²) in [6.07, 6.45) is 9.36. The molecule has 2 aromatic heterocycles. The SMILES string of the molecule is O=C(C=Cc1nc2ccccc2o1)N1CCC(n2cccc2)CC1. The van der Waals surface area contributed by atoms with Gasteiger partial charge in [0, 0.05) is 43.7 Å². The molecule has 122 valence electrons. The number of likely N-dealkylation sites (tertiary alicyclic amines) is 1. The van der Waals surface area contributed by atoms with Crippen molar-refractivity contribution in [1.82, 2.24) is 14.5 Å². The standard InChI is InChI=1S/C19H19N3O2/c23-19(8-7-18-20-16-5-1-2-6-17(16)24-18)22-13-9-15(10-14-22)21-11-3-4-12-21/h1-8,11-12,15H,9-10,13-14H2. The zero-order valence-electron chi connectivity index (χ0n) is 13.3. The van der Waals surface area contributed by atoms with Gasteiger partial charge in [-0.25, -0.2) is 4.98 Å². The highest BCUT2D eigenvalue weighted by Gasteiger charge is 2.22. The summed E-state index contributed by atoms with van der Waals surface area (Å²) in [5.74, 6) is 0.481. The van der Waals surface area contributed by atoms with E-state index >= 15 is 0 Å². The van der Waals surface area contributed by atoms with Crippen molar-refractivity contribution in [1.29, 1.82) is 0 Å². The molecule has 1 fully saturated rings. The summed E-state index contributed by atoms with van der Waals surface area (Å²) in [7, 11) is 0. The Morgan fingerprint density at radius 1 is 1.12 bits per heavy atom. The average Bonchev–Trinajstić information content (AvgIpc) is 3.29. The summed E-state index contributed by atoms with van der Waals surface area (Å²) >= 11 is 0. The first-order chi connectivity index (χ1) is 11.8. The highest BCUT2D eigenvalue weighted by Crippen LogP contribution is 2.23. The van der Waals surface area contributed by atoms with Crippen LogP contribution in [0.4, 0.5) is 0 Å². The molecule has 0 saturated carbocycles. The number of hydrogen-bond donors (Lipinski definition) is 0. The maximum Gasteiger partial charge on any atom is 0.246 e. The average molecular weight is 321 g/mol. The van der Waals surface area contributed by atoms with Crippen LogP contribution in [0.25, 0.3) is 17.2 Å². The zero-order valence-corrected chi connectivity index (χ0v) is 13.3. The molecular formula is C19H19N3O2. The van der Waals surface area contributed by atoms with Crippen LogP contribution in [0.2, 0.25) is 0 Å². The van der Waals surface area contributed by atoms with Crippen molar-refractivity contribution in [3.8, 4) is 0 Å². The van der Waals surface area contributed by atoms with Gasteiger partial charge in [-0.3, -0.25) is 4.79 Å². The Morgan fingerprint density at radius 3 is 2.62 bits per heavy atom. The lowest BCUT2D eigenvalue weighted by Gasteiger charge is -2.32. The van der Waals surface area contributed by atoms with Gasteiger partial charge in [0.15, 0.2) is 5.58 Å². The maximum absolute atomic E-state index is 12.3. The van der Waals surface area contributed by atoms with Crippen LogP contribution in [0, 0.1) is 0 Å². The van der Waals surface area contributed by atoms with E-state index in [4.69, 9.17) is 4.42 Å². The quantitative estimate of drug-likeness (QED) is 0.694. The smallest absolute Gasteiger partial charge is 0.246 e. The first-order valence-electron chi connectivity index (χ1n) is 8.24. The molecule has 1 aromatic carbocycles. The Morgan fingerprint density at radius 2 is 1.88 bits per heavy atom. The molecule has 1 aliphatic heterocycles. The van der Waals surface area contributed by atoms with E-state index in [1.807, 2.05) is 41.3 Å². The van der Waals surface area contributed by atoms with Gasteiger partial charge in [-0.15, -0.1) is 0 Å². The summed E-state index contributed by atoms with van der Waals surface area (Å²) < 4.78 is 7.83. The van der Waals surface area contributed by atoms with Crippen molar-refractivity contribution in [2.24, 2.45) is 0 Å². The van der Waals surface area contributed by atoms with Crippen molar-refractivity contribution in [3.63, 3.8) is 0 Å². The molecule has 0 N–H and O–H groups in total. The first kappa shape index (κ1) is 14.8. The number of nitrogens with zero attached hydrogens (tertiary/aromatic N) is 3. The Kier molecular flexibility index (Phi) is 3.91. The van der Waals surface area contributed by atoms with E-state index in [0.29, 0.717) is 11.9 Å².